The van der Waals surface area contributed by atoms with Crippen LogP contribution in [0.3, 0.4) is 0 Å². The van der Waals surface area contributed by atoms with Gasteiger partial charge in [-0.1, -0.05) is 31.2 Å². The first-order valence-corrected chi connectivity index (χ1v) is 7.74. The van der Waals surface area contributed by atoms with Gasteiger partial charge in [0.25, 0.3) is 0 Å². The molecule has 0 saturated heterocycles. The third-order valence-corrected chi connectivity index (χ3v) is 3.75. The number of hydrogen-bond donors (Lipinski definition) is 1. The summed E-state index contributed by atoms with van der Waals surface area (Å²) < 4.78 is 5.78. The summed E-state index contributed by atoms with van der Waals surface area (Å²) in [5.74, 6) is 0.939. The third kappa shape index (κ3) is 4.82. The van der Waals surface area contributed by atoms with Crippen molar-refractivity contribution in [3.8, 4) is 5.75 Å². The van der Waals surface area contributed by atoms with Crippen LogP contribution >= 0.6 is 0 Å². The molecule has 2 heteroatoms. The van der Waals surface area contributed by atoms with E-state index in [0.29, 0.717) is 0 Å². The van der Waals surface area contributed by atoms with E-state index in [-0.39, 0.29) is 6.10 Å². The minimum absolute atomic E-state index is 0.268. The van der Waals surface area contributed by atoms with Crippen LogP contribution in [0.15, 0.2) is 48.5 Å². The van der Waals surface area contributed by atoms with Gasteiger partial charge in [0.15, 0.2) is 0 Å². The van der Waals surface area contributed by atoms with Crippen molar-refractivity contribution in [3.63, 3.8) is 0 Å². The highest BCUT2D eigenvalue weighted by Gasteiger charge is 2.01. The lowest BCUT2D eigenvalue weighted by molar-refractivity contribution is 0.217. The lowest BCUT2D eigenvalue weighted by atomic mass is 10.1. The first-order chi connectivity index (χ1) is 10.2. The molecule has 0 bridgehead atoms. The van der Waals surface area contributed by atoms with Crippen LogP contribution < -0.4 is 10.1 Å². The zero-order valence-corrected chi connectivity index (χ0v) is 13.2. The minimum Gasteiger partial charge on any atom is -0.491 e. The maximum atomic E-state index is 5.78. The summed E-state index contributed by atoms with van der Waals surface area (Å²) in [5, 5.41) is 3.46. The second-order valence-corrected chi connectivity index (χ2v) is 5.46. The molecule has 0 fully saturated rings. The predicted octanol–water partition coefficient (Wildman–Crippen LogP) is 4.83. The number of aryl methyl sites for hydroxylation is 1. The molecule has 0 aromatic heterocycles. The summed E-state index contributed by atoms with van der Waals surface area (Å²) in [6.07, 6.45) is 2.33. The van der Waals surface area contributed by atoms with Crippen LogP contribution in [0, 0.1) is 6.92 Å². The SMILES string of the molecule is CCC(C)Oc1ccc(NCCc2ccccc2C)cc1. The van der Waals surface area contributed by atoms with Crippen LogP contribution in [0.5, 0.6) is 5.75 Å². The fourth-order valence-corrected chi connectivity index (χ4v) is 2.20. The smallest absolute Gasteiger partial charge is 0.119 e. The molecule has 2 rings (SSSR count). The van der Waals surface area contributed by atoms with Gasteiger partial charge in [-0.15, -0.1) is 0 Å². The van der Waals surface area contributed by atoms with E-state index in [2.05, 4.69) is 62.5 Å². The molecule has 0 aliphatic rings. The molecule has 0 saturated carbocycles. The topological polar surface area (TPSA) is 21.3 Å². The quantitative estimate of drug-likeness (QED) is 0.786. The maximum Gasteiger partial charge on any atom is 0.119 e. The van der Waals surface area contributed by atoms with E-state index < -0.39 is 0 Å². The maximum absolute atomic E-state index is 5.78. The van der Waals surface area contributed by atoms with Crippen LogP contribution in [0.4, 0.5) is 5.69 Å². The lowest BCUT2D eigenvalue weighted by Gasteiger charge is -2.13. The Balaban J connectivity index is 1.82. The van der Waals surface area contributed by atoms with Crippen molar-refractivity contribution in [1.29, 1.82) is 0 Å². The summed E-state index contributed by atoms with van der Waals surface area (Å²) >= 11 is 0. The van der Waals surface area contributed by atoms with E-state index in [1.807, 2.05) is 12.1 Å². The van der Waals surface area contributed by atoms with Crippen molar-refractivity contribution in [3.05, 3.63) is 59.7 Å². The Kier molecular flexibility index (Phi) is 5.68. The zero-order chi connectivity index (χ0) is 15.1. The molecule has 112 valence electrons. The molecule has 0 radical (unpaired) electrons. The van der Waals surface area contributed by atoms with Gasteiger partial charge >= 0.3 is 0 Å². The van der Waals surface area contributed by atoms with Crippen molar-refractivity contribution < 1.29 is 4.74 Å². The minimum atomic E-state index is 0.268. The van der Waals surface area contributed by atoms with E-state index in [4.69, 9.17) is 4.74 Å². The fourth-order valence-electron chi connectivity index (χ4n) is 2.20. The van der Waals surface area contributed by atoms with Crippen LogP contribution in [0.2, 0.25) is 0 Å². The highest BCUT2D eigenvalue weighted by Crippen LogP contribution is 2.18. The molecule has 0 aliphatic carbocycles. The highest BCUT2D eigenvalue weighted by molar-refractivity contribution is 5.46. The molecule has 21 heavy (non-hydrogen) atoms. The summed E-state index contributed by atoms with van der Waals surface area (Å²) in [5.41, 5.74) is 3.90. The number of benzene rings is 2. The summed E-state index contributed by atoms with van der Waals surface area (Å²) in [7, 11) is 0. The van der Waals surface area contributed by atoms with Crippen molar-refractivity contribution >= 4 is 5.69 Å². The predicted molar refractivity (Wildman–Crippen MR) is 90.2 cm³/mol. The lowest BCUT2D eigenvalue weighted by Crippen LogP contribution is -2.09. The molecule has 1 N–H and O–H groups in total. The van der Waals surface area contributed by atoms with Gasteiger partial charge < -0.3 is 10.1 Å². The van der Waals surface area contributed by atoms with Gasteiger partial charge in [-0.05, 0) is 62.1 Å². The first kappa shape index (κ1) is 15.4. The van der Waals surface area contributed by atoms with Crippen molar-refractivity contribution in [1.82, 2.24) is 0 Å². The van der Waals surface area contributed by atoms with E-state index in [0.717, 1.165) is 30.8 Å². The second kappa shape index (κ2) is 7.72. The Bertz CT molecular complexity index is 548. The van der Waals surface area contributed by atoms with Crippen molar-refractivity contribution in [2.45, 2.75) is 39.7 Å². The molecule has 1 atom stereocenters. The van der Waals surface area contributed by atoms with E-state index >= 15 is 0 Å². The normalized spacial score (nSPS) is 12.0. The molecule has 2 aromatic carbocycles. The molecule has 0 heterocycles. The third-order valence-electron chi connectivity index (χ3n) is 3.75. The van der Waals surface area contributed by atoms with Crippen molar-refractivity contribution in [2.75, 3.05) is 11.9 Å². The van der Waals surface area contributed by atoms with Gasteiger partial charge in [0.05, 0.1) is 6.10 Å². The van der Waals surface area contributed by atoms with Gasteiger partial charge in [0, 0.05) is 12.2 Å². The average molecular weight is 283 g/mol. The average Bonchev–Trinajstić information content (AvgIpc) is 2.51. The molecule has 0 spiro atoms. The van der Waals surface area contributed by atoms with Gasteiger partial charge in [0.1, 0.15) is 5.75 Å². The van der Waals surface area contributed by atoms with Gasteiger partial charge in [-0.3, -0.25) is 0 Å². The van der Waals surface area contributed by atoms with Crippen LogP contribution in [-0.4, -0.2) is 12.6 Å². The monoisotopic (exact) mass is 283 g/mol. The largest absolute Gasteiger partial charge is 0.491 e. The number of rotatable bonds is 7. The molecule has 0 aliphatic heterocycles. The van der Waals surface area contributed by atoms with E-state index in [1.54, 1.807) is 0 Å². The Hall–Kier alpha value is -1.96. The molecule has 0 amide bonds. The molecule has 1 unspecified atom stereocenters. The summed E-state index contributed by atoms with van der Waals surface area (Å²) in [6.45, 7) is 7.33. The Morgan fingerprint density at radius 1 is 1.05 bits per heavy atom. The van der Waals surface area contributed by atoms with Crippen LogP contribution in [0.25, 0.3) is 0 Å². The second-order valence-electron chi connectivity index (χ2n) is 5.46. The van der Waals surface area contributed by atoms with Crippen molar-refractivity contribution in [2.24, 2.45) is 0 Å². The van der Waals surface area contributed by atoms with E-state index in [1.165, 1.54) is 11.1 Å². The number of hydrogen-bond acceptors (Lipinski definition) is 2. The first-order valence-electron chi connectivity index (χ1n) is 7.74. The number of anilines is 1. The van der Waals surface area contributed by atoms with Crippen LogP contribution in [0.1, 0.15) is 31.4 Å². The molecule has 2 nitrogen and oxygen atoms in total. The van der Waals surface area contributed by atoms with E-state index in [9.17, 15) is 0 Å². The Morgan fingerprint density at radius 2 is 1.76 bits per heavy atom. The number of ether oxygens (including phenoxy) is 1. The fraction of sp³-hybridized carbons (Fsp3) is 0.368. The summed E-state index contributed by atoms with van der Waals surface area (Å²) in [4.78, 5) is 0. The Morgan fingerprint density at radius 3 is 2.43 bits per heavy atom. The Labute approximate surface area is 128 Å². The molecular formula is C19H25NO. The highest BCUT2D eigenvalue weighted by atomic mass is 16.5. The molecular weight excluding hydrogens is 258 g/mol. The van der Waals surface area contributed by atoms with Gasteiger partial charge in [-0.25, -0.2) is 0 Å². The van der Waals surface area contributed by atoms with Gasteiger partial charge in [-0.2, -0.15) is 0 Å². The summed E-state index contributed by atoms with van der Waals surface area (Å²) in [6, 6.07) is 16.8. The standard InChI is InChI=1S/C19H25NO/c1-4-16(3)21-19-11-9-18(10-12-19)20-14-13-17-8-6-5-7-15(17)2/h5-12,16,20H,4,13-14H2,1-3H3. The van der Waals surface area contributed by atoms with Crippen LogP contribution in [-0.2, 0) is 6.42 Å². The zero-order valence-electron chi connectivity index (χ0n) is 13.2. The molecule has 2 aromatic rings. The van der Waals surface area contributed by atoms with Gasteiger partial charge in [0.2, 0.25) is 0 Å². The number of nitrogens with one attached hydrogen (secondary N) is 1.